The molecule has 0 unspecified atom stereocenters. The van der Waals surface area contributed by atoms with Crippen LogP contribution in [0.3, 0.4) is 0 Å². The van der Waals surface area contributed by atoms with E-state index in [4.69, 9.17) is 0 Å². The van der Waals surface area contributed by atoms with Crippen LogP contribution >= 0.6 is 0 Å². The Bertz CT molecular complexity index is 294. The third-order valence-electron chi connectivity index (χ3n) is 2.77. The molecular formula is C13H26N2O2Si. The van der Waals surface area contributed by atoms with Crippen LogP contribution in [0.1, 0.15) is 47.5 Å². The quantitative estimate of drug-likeness (QED) is 0.662. The number of rotatable bonds is 7. The van der Waals surface area contributed by atoms with Crippen molar-refractivity contribution in [1.82, 2.24) is 9.13 Å². The molecule has 0 N–H and O–H groups in total. The van der Waals surface area contributed by atoms with Gasteiger partial charge in [0.1, 0.15) is 0 Å². The Hall–Kier alpha value is -1.10. The fourth-order valence-electron chi connectivity index (χ4n) is 2.09. The van der Waals surface area contributed by atoms with Gasteiger partial charge in [0.15, 0.2) is 0 Å². The van der Waals surface area contributed by atoms with E-state index in [-0.39, 0.29) is 11.8 Å². The maximum absolute atomic E-state index is 11.8. The molecule has 5 heteroatoms. The molecule has 0 spiro atoms. The zero-order valence-corrected chi connectivity index (χ0v) is 13.5. The molecule has 0 aliphatic rings. The van der Waals surface area contributed by atoms with Gasteiger partial charge in [-0.15, -0.1) is 6.58 Å². The van der Waals surface area contributed by atoms with Crippen LogP contribution < -0.4 is 0 Å². The second-order valence-electron chi connectivity index (χ2n) is 4.64. The highest BCUT2D eigenvalue weighted by Gasteiger charge is 2.31. The first kappa shape index (κ1) is 16.9. The Morgan fingerprint density at radius 3 is 1.44 bits per heavy atom. The molecule has 18 heavy (non-hydrogen) atoms. The average molecular weight is 270 g/mol. The van der Waals surface area contributed by atoms with Crippen LogP contribution in [0.15, 0.2) is 11.8 Å². The number of nitrogens with zero attached hydrogens (tertiary/aromatic N) is 2. The van der Waals surface area contributed by atoms with Gasteiger partial charge in [0.05, 0.1) is 0 Å². The Morgan fingerprint density at radius 1 is 0.944 bits per heavy atom. The molecule has 4 nitrogen and oxygen atoms in total. The van der Waals surface area contributed by atoms with E-state index in [1.54, 1.807) is 13.8 Å². The average Bonchev–Trinajstić information content (AvgIpc) is 2.26. The van der Waals surface area contributed by atoms with E-state index in [2.05, 4.69) is 6.58 Å². The van der Waals surface area contributed by atoms with Crippen LogP contribution in [-0.2, 0) is 9.59 Å². The van der Waals surface area contributed by atoms with Crippen molar-refractivity contribution in [3.63, 3.8) is 0 Å². The van der Waals surface area contributed by atoms with Crippen LogP contribution in [0.4, 0.5) is 0 Å². The van der Waals surface area contributed by atoms with Gasteiger partial charge in [0.2, 0.25) is 11.8 Å². The molecular weight excluding hydrogens is 244 g/mol. The van der Waals surface area contributed by atoms with Gasteiger partial charge >= 0.3 is 0 Å². The standard InChI is InChI=1S/C13H26N2O2Si/c1-7-9-14(12(5)16)18(11(3)4)15(10-8-2)13(6)17/h18H,3,7-10H2,1-2,4-6H3. The number of carbonyl (C=O) groups is 2. The van der Waals surface area contributed by atoms with Gasteiger partial charge in [-0.3, -0.25) is 9.59 Å². The Balaban J connectivity index is 5.28. The third-order valence-corrected chi connectivity index (χ3v) is 6.08. The minimum absolute atomic E-state index is 0.0406. The van der Waals surface area contributed by atoms with Crippen molar-refractivity contribution in [2.75, 3.05) is 13.1 Å². The van der Waals surface area contributed by atoms with E-state index < -0.39 is 9.12 Å². The van der Waals surface area contributed by atoms with Gasteiger partial charge in [-0.25, -0.2) is 0 Å². The SMILES string of the molecule is C=C(C)[SiH](N(CCC)C(C)=O)N(CCC)C(C)=O. The number of hydrogen-bond donors (Lipinski definition) is 0. The van der Waals surface area contributed by atoms with E-state index >= 15 is 0 Å². The summed E-state index contributed by atoms with van der Waals surface area (Å²) in [7, 11) is -1.91. The van der Waals surface area contributed by atoms with Gasteiger partial charge in [0, 0.05) is 26.9 Å². The highest BCUT2D eigenvalue weighted by atomic mass is 28.3. The zero-order chi connectivity index (χ0) is 14.3. The molecule has 0 aliphatic carbocycles. The maximum atomic E-state index is 11.8. The summed E-state index contributed by atoms with van der Waals surface area (Å²) in [6, 6.07) is 0. The molecule has 104 valence electrons. The van der Waals surface area contributed by atoms with Crippen molar-refractivity contribution in [3.05, 3.63) is 11.8 Å². The highest BCUT2D eigenvalue weighted by molar-refractivity contribution is 6.65. The van der Waals surface area contributed by atoms with Crippen LogP contribution in [0, 0.1) is 0 Å². The summed E-state index contributed by atoms with van der Waals surface area (Å²) in [5, 5.41) is 0.960. The summed E-state index contributed by atoms with van der Waals surface area (Å²) in [5.74, 6) is 0.0812. The van der Waals surface area contributed by atoms with Crippen molar-refractivity contribution >= 4 is 20.9 Å². The van der Waals surface area contributed by atoms with Crippen molar-refractivity contribution in [1.29, 1.82) is 0 Å². The first-order valence-corrected chi connectivity index (χ1v) is 8.17. The van der Waals surface area contributed by atoms with Crippen LogP contribution in [0.2, 0.25) is 0 Å². The van der Waals surface area contributed by atoms with Gasteiger partial charge in [-0.2, -0.15) is 0 Å². The molecule has 2 amide bonds. The lowest BCUT2D eigenvalue weighted by Gasteiger charge is -2.37. The molecule has 0 bridgehead atoms. The fourth-order valence-corrected chi connectivity index (χ4v) is 5.18. The summed E-state index contributed by atoms with van der Waals surface area (Å²) in [4.78, 5) is 23.6. The third kappa shape index (κ3) is 4.64. The largest absolute Gasteiger partial charge is 0.351 e. The summed E-state index contributed by atoms with van der Waals surface area (Å²) in [6.45, 7) is 14.6. The maximum Gasteiger partial charge on any atom is 0.280 e. The number of hydrogen-bond acceptors (Lipinski definition) is 2. The Kier molecular flexibility index (Phi) is 7.58. The number of amides is 2. The minimum Gasteiger partial charge on any atom is -0.351 e. The first-order chi connectivity index (χ1) is 8.36. The first-order valence-electron chi connectivity index (χ1n) is 6.56. The molecule has 0 aromatic carbocycles. The zero-order valence-electron chi connectivity index (χ0n) is 12.3. The van der Waals surface area contributed by atoms with Gasteiger partial charge in [0.25, 0.3) is 9.12 Å². The van der Waals surface area contributed by atoms with Crippen LogP contribution in [0.5, 0.6) is 0 Å². The second kappa shape index (κ2) is 8.08. The van der Waals surface area contributed by atoms with Gasteiger partial charge < -0.3 is 9.13 Å². The predicted molar refractivity (Wildman–Crippen MR) is 77.3 cm³/mol. The second-order valence-corrected chi connectivity index (χ2v) is 7.62. The topological polar surface area (TPSA) is 40.6 Å². The monoisotopic (exact) mass is 270 g/mol. The molecule has 0 atom stereocenters. The number of allylic oxidation sites excluding steroid dienone is 1. The van der Waals surface area contributed by atoms with E-state index in [9.17, 15) is 9.59 Å². The Morgan fingerprint density at radius 2 is 1.28 bits per heavy atom. The molecule has 0 heterocycles. The van der Waals surface area contributed by atoms with Crippen molar-refractivity contribution in [2.45, 2.75) is 47.5 Å². The molecule has 0 aromatic rings. The molecule has 0 aliphatic heterocycles. The minimum atomic E-state index is -1.91. The lowest BCUT2D eigenvalue weighted by atomic mass is 10.5. The van der Waals surface area contributed by atoms with Gasteiger partial charge in [-0.05, 0) is 19.8 Å². The normalized spacial score (nSPS) is 10.3. The van der Waals surface area contributed by atoms with E-state index in [1.165, 1.54) is 0 Å². The van der Waals surface area contributed by atoms with E-state index in [0.717, 1.165) is 18.0 Å². The fraction of sp³-hybridized carbons (Fsp3) is 0.692. The summed E-state index contributed by atoms with van der Waals surface area (Å²) in [5.41, 5.74) is 0. The highest BCUT2D eigenvalue weighted by Crippen LogP contribution is 2.12. The molecule has 0 aromatic heterocycles. The molecule has 0 saturated carbocycles. The molecule has 0 fully saturated rings. The van der Waals surface area contributed by atoms with Crippen LogP contribution in [0.25, 0.3) is 0 Å². The van der Waals surface area contributed by atoms with Crippen molar-refractivity contribution in [3.8, 4) is 0 Å². The summed E-state index contributed by atoms with van der Waals surface area (Å²) >= 11 is 0. The van der Waals surface area contributed by atoms with Gasteiger partial charge in [-0.1, -0.05) is 19.0 Å². The predicted octanol–water partition coefficient (Wildman–Crippen LogP) is 1.84. The van der Waals surface area contributed by atoms with E-state index in [1.807, 2.05) is 29.9 Å². The molecule has 0 radical (unpaired) electrons. The Labute approximate surface area is 112 Å². The molecule has 0 rings (SSSR count). The lowest BCUT2D eigenvalue weighted by molar-refractivity contribution is -0.126. The van der Waals surface area contributed by atoms with Crippen LogP contribution in [-0.4, -0.2) is 43.2 Å². The summed E-state index contributed by atoms with van der Waals surface area (Å²) < 4.78 is 3.72. The lowest BCUT2D eigenvalue weighted by Crippen LogP contribution is -2.57. The number of carbonyl (C=O) groups excluding carboxylic acids is 2. The van der Waals surface area contributed by atoms with Crippen molar-refractivity contribution < 1.29 is 9.59 Å². The molecule has 0 saturated heterocycles. The van der Waals surface area contributed by atoms with Crippen molar-refractivity contribution in [2.24, 2.45) is 0 Å². The van der Waals surface area contributed by atoms with E-state index in [0.29, 0.717) is 13.1 Å². The summed E-state index contributed by atoms with van der Waals surface area (Å²) in [6.07, 6.45) is 1.79. The smallest absolute Gasteiger partial charge is 0.280 e.